The number of halogens is 1. The topological polar surface area (TPSA) is 58.2 Å². The summed E-state index contributed by atoms with van der Waals surface area (Å²) in [6.45, 7) is 0.728. The normalized spacial score (nSPS) is 26.9. The van der Waals surface area contributed by atoms with Crippen molar-refractivity contribution >= 4 is 11.8 Å². The smallest absolute Gasteiger partial charge is 0.245 e. The molecule has 4 nitrogen and oxygen atoms in total. The standard InChI is InChI=1S/C20H25FN2O2/c21-15-5-3-4-14(10-15)16-11-17(16)18(24)23-20(8-1-2-9-20)19(25)22-12-13-6-7-13/h3-5,10,13,16-17H,1-2,6-9,11-12H2,(H,22,25)(H,23,24)/t16-,17-/m1/s1. The Kier molecular flexibility index (Phi) is 4.26. The maximum atomic E-state index is 13.4. The molecule has 2 atom stereocenters. The predicted molar refractivity (Wildman–Crippen MR) is 92.3 cm³/mol. The molecule has 0 spiro atoms. The Morgan fingerprint density at radius 2 is 1.96 bits per heavy atom. The van der Waals surface area contributed by atoms with Gasteiger partial charge in [-0.3, -0.25) is 9.59 Å². The summed E-state index contributed by atoms with van der Waals surface area (Å²) in [4.78, 5) is 25.4. The molecule has 3 aliphatic rings. The Morgan fingerprint density at radius 1 is 1.20 bits per heavy atom. The second-order valence-electron chi connectivity index (χ2n) is 7.94. The van der Waals surface area contributed by atoms with Crippen LogP contribution < -0.4 is 10.6 Å². The third-order valence-corrected chi connectivity index (χ3v) is 5.91. The van der Waals surface area contributed by atoms with E-state index < -0.39 is 5.54 Å². The third-order valence-electron chi connectivity index (χ3n) is 5.91. The lowest BCUT2D eigenvalue weighted by Gasteiger charge is -2.29. The van der Waals surface area contributed by atoms with E-state index in [1.807, 2.05) is 6.07 Å². The van der Waals surface area contributed by atoms with Crippen LogP contribution in [0.15, 0.2) is 24.3 Å². The number of carbonyl (C=O) groups excluding carboxylic acids is 2. The summed E-state index contributed by atoms with van der Waals surface area (Å²) in [5.41, 5.74) is 0.139. The SMILES string of the molecule is O=C(NC1(C(=O)NCC2CC2)CCCC1)[C@@H]1C[C@@H]1c1cccc(F)c1. The van der Waals surface area contributed by atoms with E-state index in [0.717, 1.165) is 31.4 Å². The van der Waals surface area contributed by atoms with Crippen molar-refractivity contribution in [3.63, 3.8) is 0 Å². The van der Waals surface area contributed by atoms with Crippen molar-refractivity contribution in [1.82, 2.24) is 10.6 Å². The monoisotopic (exact) mass is 344 g/mol. The first kappa shape index (κ1) is 16.6. The number of benzene rings is 1. The van der Waals surface area contributed by atoms with Crippen LogP contribution in [0.2, 0.25) is 0 Å². The van der Waals surface area contributed by atoms with Crippen molar-refractivity contribution in [2.45, 2.75) is 56.4 Å². The average molecular weight is 344 g/mol. The minimum Gasteiger partial charge on any atom is -0.354 e. The molecule has 0 aliphatic heterocycles. The lowest BCUT2D eigenvalue weighted by Crippen LogP contribution is -2.57. The minimum absolute atomic E-state index is 0.0202. The second-order valence-corrected chi connectivity index (χ2v) is 7.94. The summed E-state index contributed by atoms with van der Waals surface area (Å²) in [5.74, 6) is 0.208. The largest absolute Gasteiger partial charge is 0.354 e. The van der Waals surface area contributed by atoms with Gasteiger partial charge in [0.15, 0.2) is 0 Å². The van der Waals surface area contributed by atoms with Gasteiger partial charge in [0, 0.05) is 12.5 Å². The minimum atomic E-state index is -0.735. The van der Waals surface area contributed by atoms with E-state index in [-0.39, 0.29) is 29.5 Å². The summed E-state index contributed by atoms with van der Waals surface area (Å²) in [6, 6.07) is 6.47. The molecule has 0 heterocycles. The van der Waals surface area contributed by atoms with Crippen molar-refractivity contribution in [2.24, 2.45) is 11.8 Å². The predicted octanol–water partition coefficient (Wildman–Crippen LogP) is 2.88. The summed E-state index contributed by atoms with van der Waals surface area (Å²) in [7, 11) is 0. The van der Waals surface area contributed by atoms with Gasteiger partial charge in [0.2, 0.25) is 11.8 Å². The fourth-order valence-corrected chi connectivity index (χ4v) is 4.03. The molecule has 134 valence electrons. The molecule has 3 saturated carbocycles. The van der Waals surface area contributed by atoms with E-state index in [9.17, 15) is 14.0 Å². The summed E-state index contributed by atoms with van der Waals surface area (Å²) >= 11 is 0. The van der Waals surface area contributed by atoms with Crippen molar-refractivity contribution in [1.29, 1.82) is 0 Å². The zero-order chi connectivity index (χ0) is 17.4. The van der Waals surface area contributed by atoms with E-state index in [2.05, 4.69) is 10.6 Å². The van der Waals surface area contributed by atoms with Gasteiger partial charge in [-0.1, -0.05) is 25.0 Å². The van der Waals surface area contributed by atoms with Gasteiger partial charge in [-0.05, 0) is 61.6 Å². The molecule has 0 aromatic heterocycles. The highest BCUT2D eigenvalue weighted by molar-refractivity contribution is 5.93. The quantitative estimate of drug-likeness (QED) is 0.834. The van der Waals surface area contributed by atoms with Gasteiger partial charge < -0.3 is 10.6 Å². The van der Waals surface area contributed by atoms with Gasteiger partial charge in [0.1, 0.15) is 11.4 Å². The summed E-state index contributed by atoms with van der Waals surface area (Å²) < 4.78 is 13.4. The molecular weight excluding hydrogens is 319 g/mol. The molecule has 1 aromatic carbocycles. The highest BCUT2D eigenvalue weighted by Crippen LogP contribution is 2.48. The zero-order valence-corrected chi connectivity index (χ0v) is 14.4. The van der Waals surface area contributed by atoms with Gasteiger partial charge >= 0.3 is 0 Å². The van der Waals surface area contributed by atoms with Crippen molar-refractivity contribution in [3.05, 3.63) is 35.6 Å². The fourth-order valence-electron chi connectivity index (χ4n) is 4.03. The number of nitrogens with one attached hydrogen (secondary N) is 2. The summed E-state index contributed by atoms with van der Waals surface area (Å²) in [6.07, 6.45) is 6.48. The Labute approximate surface area is 147 Å². The number of hydrogen-bond acceptors (Lipinski definition) is 2. The highest BCUT2D eigenvalue weighted by Gasteiger charge is 2.49. The molecule has 2 amide bonds. The Hall–Kier alpha value is -1.91. The highest BCUT2D eigenvalue weighted by atomic mass is 19.1. The first-order valence-corrected chi connectivity index (χ1v) is 9.43. The number of rotatable bonds is 6. The first-order chi connectivity index (χ1) is 12.1. The number of carbonyl (C=O) groups is 2. The van der Waals surface area contributed by atoms with E-state index in [4.69, 9.17) is 0 Å². The zero-order valence-electron chi connectivity index (χ0n) is 14.4. The van der Waals surface area contributed by atoms with Gasteiger partial charge in [-0.15, -0.1) is 0 Å². The van der Waals surface area contributed by atoms with Crippen LogP contribution >= 0.6 is 0 Å². The van der Waals surface area contributed by atoms with E-state index in [1.165, 1.54) is 25.0 Å². The van der Waals surface area contributed by atoms with Crippen molar-refractivity contribution < 1.29 is 14.0 Å². The molecule has 5 heteroatoms. The molecule has 0 bridgehead atoms. The van der Waals surface area contributed by atoms with Crippen LogP contribution in [0, 0.1) is 17.7 Å². The van der Waals surface area contributed by atoms with Crippen LogP contribution in [0.25, 0.3) is 0 Å². The average Bonchev–Trinajstić information content (AvgIpc) is 3.51. The van der Waals surface area contributed by atoms with Gasteiger partial charge in [-0.25, -0.2) is 4.39 Å². The molecular formula is C20H25FN2O2. The van der Waals surface area contributed by atoms with Crippen LogP contribution in [0.4, 0.5) is 4.39 Å². The Balaban J connectivity index is 1.39. The molecule has 3 fully saturated rings. The van der Waals surface area contributed by atoms with Crippen LogP contribution in [0.1, 0.15) is 56.4 Å². The molecule has 25 heavy (non-hydrogen) atoms. The number of amides is 2. The van der Waals surface area contributed by atoms with Crippen molar-refractivity contribution in [3.8, 4) is 0 Å². The van der Waals surface area contributed by atoms with E-state index >= 15 is 0 Å². The summed E-state index contributed by atoms with van der Waals surface area (Å²) in [5, 5.41) is 6.11. The lowest BCUT2D eigenvalue weighted by atomic mass is 9.95. The van der Waals surface area contributed by atoms with Crippen molar-refractivity contribution in [2.75, 3.05) is 6.54 Å². The van der Waals surface area contributed by atoms with Gasteiger partial charge in [-0.2, -0.15) is 0 Å². The Bertz CT molecular complexity index is 680. The van der Waals surface area contributed by atoms with Crippen LogP contribution in [0.5, 0.6) is 0 Å². The van der Waals surface area contributed by atoms with E-state index in [1.54, 1.807) is 6.07 Å². The molecule has 3 aliphatic carbocycles. The van der Waals surface area contributed by atoms with Gasteiger partial charge in [0.25, 0.3) is 0 Å². The van der Waals surface area contributed by atoms with Crippen LogP contribution in [-0.2, 0) is 9.59 Å². The maximum Gasteiger partial charge on any atom is 0.245 e. The second kappa shape index (κ2) is 6.43. The maximum absolute atomic E-state index is 13.4. The third kappa shape index (κ3) is 3.55. The first-order valence-electron chi connectivity index (χ1n) is 9.43. The lowest BCUT2D eigenvalue weighted by molar-refractivity contribution is -0.134. The molecule has 0 saturated heterocycles. The molecule has 4 rings (SSSR count). The number of hydrogen-bond donors (Lipinski definition) is 2. The molecule has 1 aromatic rings. The Morgan fingerprint density at radius 3 is 2.64 bits per heavy atom. The molecule has 0 radical (unpaired) electrons. The fraction of sp³-hybridized carbons (Fsp3) is 0.600. The van der Waals surface area contributed by atoms with Crippen LogP contribution in [-0.4, -0.2) is 23.9 Å². The van der Waals surface area contributed by atoms with E-state index in [0.29, 0.717) is 18.8 Å². The molecule has 0 unspecified atom stereocenters. The van der Waals surface area contributed by atoms with Gasteiger partial charge in [0.05, 0.1) is 0 Å². The van der Waals surface area contributed by atoms with Crippen LogP contribution in [0.3, 0.4) is 0 Å². The molecule has 2 N–H and O–H groups in total.